The fourth-order valence-corrected chi connectivity index (χ4v) is 3.13. The molecule has 1 unspecified atom stereocenters. The van der Waals surface area contributed by atoms with Crippen LogP contribution in [0.3, 0.4) is 0 Å². The van der Waals surface area contributed by atoms with Gasteiger partial charge in [0.1, 0.15) is 6.54 Å². The van der Waals surface area contributed by atoms with Crippen LogP contribution in [-0.2, 0) is 17.9 Å². The van der Waals surface area contributed by atoms with Crippen LogP contribution in [0, 0.1) is 6.92 Å². The number of aryl methyl sites for hydroxylation is 1. The van der Waals surface area contributed by atoms with Gasteiger partial charge in [-0.05, 0) is 42.3 Å². The molecule has 158 valence electrons. The van der Waals surface area contributed by atoms with Crippen LogP contribution in [0.5, 0.6) is 23.0 Å². The second-order valence-corrected chi connectivity index (χ2v) is 6.91. The lowest BCUT2D eigenvalue weighted by atomic mass is 10.1. The van der Waals surface area contributed by atoms with Crippen molar-refractivity contribution < 1.29 is 28.6 Å². The maximum atomic E-state index is 12.4. The first-order valence-electron chi connectivity index (χ1n) is 9.42. The summed E-state index contributed by atoms with van der Waals surface area (Å²) in [4.78, 5) is 13.4. The Labute approximate surface area is 172 Å². The first kappa shape index (κ1) is 22.4. The van der Waals surface area contributed by atoms with Gasteiger partial charge in [0, 0.05) is 12.1 Å². The number of hydrogen-bond donors (Lipinski definition) is 2. The van der Waals surface area contributed by atoms with Crippen LogP contribution >= 0.6 is 0 Å². The minimum Gasteiger partial charge on any atom is -0.493 e. The average Bonchev–Trinajstić information content (AvgIpc) is 2.72. The van der Waals surface area contributed by atoms with E-state index < -0.39 is 0 Å². The molecule has 7 heteroatoms. The van der Waals surface area contributed by atoms with Crippen LogP contribution in [0.2, 0.25) is 0 Å². The first-order chi connectivity index (χ1) is 13.9. The van der Waals surface area contributed by atoms with E-state index in [9.17, 15) is 4.79 Å². The highest BCUT2D eigenvalue weighted by Crippen LogP contribution is 2.30. The highest BCUT2D eigenvalue weighted by Gasteiger charge is 2.15. The minimum atomic E-state index is -0.0181. The number of hydrogen-bond acceptors (Lipinski definition) is 5. The number of carbonyl (C=O) groups is 1. The molecule has 0 fully saturated rings. The molecule has 0 aliphatic carbocycles. The van der Waals surface area contributed by atoms with E-state index >= 15 is 0 Å². The molecule has 0 aromatic heterocycles. The molecule has 2 aromatic carbocycles. The van der Waals surface area contributed by atoms with Crippen LogP contribution in [0.15, 0.2) is 30.3 Å². The lowest BCUT2D eigenvalue weighted by Gasteiger charge is -2.17. The van der Waals surface area contributed by atoms with Gasteiger partial charge in [-0.2, -0.15) is 0 Å². The zero-order chi connectivity index (χ0) is 21.4. The van der Waals surface area contributed by atoms with Gasteiger partial charge in [-0.1, -0.05) is 6.07 Å². The zero-order valence-corrected chi connectivity index (χ0v) is 18.0. The van der Waals surface area contributed by atoms with Gasteiger partial charge >= 0.3 is 0 Å². The van der Waals surface area contributed by atoms with E-state index in [1.54, 1.807) is 28.4 Å². The maximum absolute atomic E-state index is 12.4. The molecule has 1 atom stereocenters. The molecule has 0 radical (unpaired) electrons. The molecule has 0 heterocycles. The smallest absolute Gasteiger partial charge is 0.275 e. The number of methoxy groups -OCH3 is 4. The van der Waals surface area contributed by atoms with Crippen LogP contribution in [-0.4, -0.2) is 47.9 Å². The number of likely N-dealkylation sites (N-methyl/N-ethyl adjacent to an activating group) is 1. The van der Waals surface area contributed by atoms with Crippen molar-refractivity contribution in [2.24, 2.45) is 0 Å². The molecule has 0 saturated heterocycles. The summed E-state index contributed by atoms with van der Waals surface area (Å²) in [5.74, 6) is 2.69. The van der Waals surface area contributed by atoms with Crippen LogP contribution in [0.1, 0.15) is 16.7 Å². The number of nitrogens with one attached hydrogen (secondary N) is 2. The van der Waals surface area contributed by atoms with Crippen molar-refractivity contribution in [3.05, 3.63) is 47.0 Å². The number of carbonyl (C=O) groups excluding carboxylic acids is 1. The summed E-state index contributed by atoms with van der Waals surface area (Å²) < 4.78 is 21.3. The van der Waals surface area contributed by atoms with Crippen molar-refractivity contribution in [3.8, 4) is 23.0 Å². The lowest BCUT2D eigenvalue weighted by Crippen LogP contribution is -3.08. The molecule has 1 amide bonds. The topological polar surface area (TPSA) is 70.5 Å². The third-order valence-corrected chi connectivity index (χ3v) is 4.73. The third-order valence-electron chi connectivity index (χ3n) is 4.73. The standard InChI is InChI=1S/C22H30N2O5/c1-15-9-19(27-4)21(29-6)11-17(15)13-24(2)14-22(25)23-12-16-7-8-18(26-3)20(10-16)28-5/h7-11H,12-14H2,1-6H3,(H,23,25)/p+1. The summed E-state index contributed by atoms with van der Waals surface area (Å²) in [6.45, 7) is 3.53. The van der Waals surface area contributed by atoms with E-state index in [0.717, 1.165) is 21.6 Å². The Morgan fingerprint density at radius 3 is 2.10 bits per heavy atom. The molecule has 0 aliphatic rings. The minimum absolute atomic E-state index is 0.0181. The lowest BCUT2D eigenvalue weighted by molar-refractivity contribution is -0.885. The highest BCUT2D eigenvalue weighted by molar-refractivity contribution is 5.76. The second kappa shape index (κ2) is 10.6. The van der Waals surface area contributed by atoms with Gasteiger partial charge in [0.25, 0.3) is 5.91 Å². The highest BCUT2D eigenvalue weighted by atomic mass is 16.5. The maximum Gasteiger partial charge on any atom is 0.275 e. The van der Waals surface area contributed by atoms with Gasteiger partial charge < -0.3 is 29.2 Å². The normalized spacial score (nSPS) is 11.5. The summed E-state index contributed by atoms with van der Waals surface area (Å²) in [6.07, 6.45) is 0. The number of rotatable bonds is 10. The summed E-state index contributed by atoms with van der Waals surface area (Å²) in [5.41, 5.74) is 3.17. The number of amides is 1. The average molecular weight is 403 g/mol. The molecule has 2 aromatic rings. The Morgan fingerprint density at radius 1 is 0.897 bits per heavy atom. The monoisotopic (exact) mass is 403 g/mol. The fraction of sp³-hybridized carbons (Fsp3) is 0.409. The molecule has 29 heavy (non-hydrogen) atoms. The van der Waals surface area contributed by atoms with Crippen LogP contribution < -0.4 is 29.2 Å². The number of ether oxygens (including phenoxy) is 4. The summed E-state index contributed by atoms with van der Waals surface area (Å²) in [7, 11) is 8.42. The predicted octanol–water partition coefficient (Wildman–Crippen LogP) is 1.36. The van der Waals surface area contributed by atoms with Crippen LogP contribution in [0.25, 0.3) is 0 Å². The van der Waals surface area contributed by atoms with Gasteiger partial charge in [-0.15, -0.1) is 0 Å². The molecule has 2 rings (SSSR count). The SMILES string of the molecule is COc1ccc(CNC(=O)C[NH+](C)Cc2cc(OC)c(OC)cc2C)cc1OC. The third kappa shape index (κ3) is 6.02. The fourth-order valence-electron chi connectivity index (χ4n) is 3.13. The zero-order valence-electron chi connectivity index (χ0n) is 18.0. The van der Waals surface area contributed by atoms with Crippen molar-refractivity contribution >= 4 is 5.91 Å². The first-order valence-corrected chi connectivity index (χ1v) is 9.42. The van der Waals surface area contributed by atoms with E-state index in [-0.39, 0.29) is 5.91 Å². The van der Waals surface area contributed by atoms with Gasteiger partial charge in [0.15, 0.2) is 29.5 Å². The molecular weight excluding hydrogens is 372 g/mol. The van der Waals surface area contributed by atoms with E-state index in [2.05, 4.69) is 5.32 Å². The number of quaternary nitrogens is 1. The predicted molar refractivity (Wildman–Crippen MR) is 111 cm³/mol. The van der Waals surface area contributed by atoms with E-state index in [0.29, 0.717) is 42.6 Å². The summed E-state index contributed by atoms with van der Waals surface area (Å²) >= 11 is 0. The van der Waals surface area contributed by atoms with Gasteiger partial charge in [0.2, 0.25) is 0 Å². The van der Waals surface area contributed by atoms with E-state index in [4.69, 9.17) is 18.9 Å². The Balaban J connectivity index is 1.93. The quantitative estimate of drug-likeness (QED) is 0.627. The molecule has 2 N–H and O–H groups in total. The molecule has 0 saturated carbocycles. The summed E-state index contributed by atoms with van der Waals surface area (Å²) in [5, 5.41) is 2.96. The molecule has 0 aliphatic heterocycles. The summed E-state index contributed by atoms with van der Waals surface area (Å²) in [6, 6.07) is 9.53. The Bertz CT molecular complexity index is 838. The largest absolute Gasteiger partial charge is 0.493 e. The Hall–Kier alpha value is -2.93. The van der Waals surface area contributed by atoms with Crippen molar-refractivity contribution in [1.82, 2.24) is 5.32 Å². The molecule has 0 bridgehead atoms. The van der Waals surface area contributed by atoms with Crippen molar-refractivity contribution in [2.75, 3.05) is 42.0 Å². The van der Waals surface area contributed by atoms with E-state index in [1.165, 1.54) is 0 Å². The van der Waals surface area contributed by atoms with E-state index in [1.807, 2.05) is 44.3 Å². The van der Waals surface area contributed by atoms with Gasteiger partial charge in [-0.3, -0.25) is 4.79 Å². The van der Waals surface area contributed by atoms with Crippen LogP contribution in [0.4, 0.5) is 0 Å². The Kier molecular flexibility index (Phi) is 8.15. The van der Waals surface area contributed by atoms with Gasteiger partial charge in [0.05, 0.1) is 35.5 Å². The molecule has 0 spiro atoms. The number of benzene rings is 2. The van der Waals surface area contributed by atoms with Crippen molar-refractivity contribution in [3.63, 3.8) is 0 Å². The van der Waals surface area contributed by atoms with Crippen molar-refractivity contribution in [1.29, 1.82) is 0 Å². The van der Waals surface area contributed by atoms with Crippen molar-refractivity contribution in [2.45, 2.75) is 20.0 Å². The Morgan fingerprint density at radius 2 is 1.48 bits per heavy atom. The molecular formula is C22H31N2O5+. The van der Waals surface area contributed by atoms with Gasteiger partial charge in [-0.25, -0.2) is 0 Å². The second-order valence-electron chi connectivity index (χ2n) is 6.91. The molecule has 7 nitrogen and oxygen atoms in total.